The molecule has 0 saturated carbocycles. The van der Waals surface area contributed by atoms with Gasteiger partial charge in [-0.15, -0.1) is 0 Å². The summed E-state index contributed by atoms with van der Waals surface area (Å²) in [4.78, 5) is 23.2. The Labute approximate surface area is 195 Å². The smallest absolute Gasteiger partial charge is 0.309 e. The van der Waals surface area contributed by atoms with E-state index in [0.29, 0.717) is 12.8 Å². The fourth-order valence-electron chi connectivity index (χ4n) is 2.66. The van der Waals surface area contributed by atoms with E-state index in [9.17, 15) is 9.59 Å². The molecule has 0 aliphatic heterocycles. The van der Waals surface area contributed by atoms with Crippen LogP contribution in [0.3, 0.4) is 0 Å². The number of hydrogen-bond donors (Lipinski definition) is 0. The zero-order chi connectivity index (χ0) is 23.9. The first-order valence-electron chi connectivity index (χ1n) is 11.6. The molecule has 4 nitrogen and oxygen atoms in total. The van der Waals surface area contributed by atoms with Crippen molar-refractivity contribution in [2.75, 3.05) is 7.11 Å². The lowest BCUT2D eigenvalue weighted by molar-refractivity contribution is -0.162. The second kappa shape index (κ2) is 20.3. The van der Waals surface area contributed by atoms with E-state index in [0.717, 1.165) is 38.5 Å². The van der Waals surface area contributed by atoms with Gasteiger partial charge in [-0.25, -0.2) is 0 Å². The van der Waals surface area contributed by atoms with Gasteiger partial charge >= 0.3 is 11.9 Å². The first kappa shape index (κ1) is 29.4. The third-order valence-electron chi connectivity index (χ3n) is 4.30. The summed E-state index contributed by atoms with van der Waals surface area (Å²) in [5.74, 6) is -0.696. The fraction of sp³-hybridized carbons (Fsp3) is 0.500. The van der Waals surface area contributed by atoms with Crippen LogP contribution in [0.15, 0.2) is 72.9 Å². The van der Waals surface area contributed by atoms with Crippen LogP contribution >= 0.6 is 0 Å². The third kappa shape index (κ3) is 20.6. The predicted octanol–water partition coefficient (Wildman–Crippen LogP) is 7.35. The quantitative estimate of drug-likeness (QED) is 0.174. The molecular weight excluding hydrogens is 400 g/mol. The highest BCUT2D eigenvalue weighted by atomic mass is 16.6. The molecule has 32 heavy (non-hydrogen) atoms. The molecule has 0 unspecified atom stereocenters. The maximum Gasteiger partial charge on any atom is 0.309 e. The van der Waals surface area contributed by atoms with Crippen molar-refractivity contribution in [3.8, 4) is 0 Å². The first-order chi connectivity index (χ1) is 15.4. The molecule has 0 aliphatic carbocycles. The summed E-state index contributed by atoms with van der Waals surface area (Å²) in [6.45, 7) is 5.56. The van der Waals surface area contributed by atoms with Gasteiger partial charge < -0.3 is 9.47 Å². The average Bonchev–Trinajstić information content (AvgIpc) is 2.74. The van der Waals surface area contributed by atoms with Crippen LogP contribution in [0, 0.1) is 0 Å². The summed E-state index contributed by atoms with van der Waals surface area (Å²) in [6, 6.07) is 0. The number of ether oxygens (including phenoxy) is 2. The van der Waals surface area contributed by atoms with Gasteiger partial charge in [-0.05, 0) is 58.8 Å². The van der Waals surface area contributed by atoms with E-state index in [1.54, 1.807) is 13.8 Å². The van der Waals surface area contributed by atoms with Crippen LogP contribution in [0.2, 0.25) is 0 Å². The minimum absolute atomic E-state index is 0.0507. The maximum atomic E-state index is 11.9. The van der Waals surface area contributed by atoms with Crippen LogP contribution in [-0.4, -0.2) is 24.6 Å². The second-order valence-electron chi connectivity index (χ2n) is 7.94. The van der Waals surface area contributed by atoms with Gasteiger partial charge in [-0.3, -0.25) is 9.59 Å². The number of rotatable bonds is 17. The molecule has 0 saturated heterocycles. The fourth-order valence-corrected chi connectivity index (χ4v) is 2.66. The van der Waals surface area contributed by atoms with Crippen LogP contribution in [-0.2, 0) is 19.1 Å². The zero-order valence-electron chi connectivity index (χ0n) is 20.4. The molecule has 0 atom stereocenters. The van der Waals surface area contributed by atoms with Crippen LogP contribution in [0.1, 0.15) is 78.6 Å². The Kier molecular flexibility index (Phi) is 18.6. The van der Waals surface area contributed by atoms with Crippen molar-refractivity contribution in [3.63, 3.8) is 0 Å². The van der Waals surface area contributed by atoms with Crippen molar-refractivity contribution in [3.05, 3.63) is 72.9 Å². The summed E-state index contributed by atoms with van der Waals surface area (Å²) >= 11 is 0. The van der Waals surface area contributed by atoms with Crippen molar-refractivity contribution in [1.29, 1.82) is 0 Å². The summed E-state index contributed by atoms with van der Waals surface area (Å²) in [6.07, 6.45) is 32.6. The molecule has 0 N–H and O–H groups in total. The molecule has 0 aromatic heterocycles. The van der Waals surface area contributed by atoms with Crippen molar-refractivity contribution < 1.29 is 19.1 Å². The Morgan fingerprint density at radius 3 is 1.47 bits per heavy atom. The van der Waals surface area contributed by atoms with E-state index < -0.39 is 5.60 Å². The summed E-state index contributed by atoms with van der Waals surface area (Å²) in [7, 11) is 1.32. The van der Waals surface area contributed by atoms with Gasteiger partial charge in [-0.1, -0.05) is 79.8 Å². The molecule has 0 rings (SSSR count). The maximum absolute atomic E-state index is 11.9. The lowest BCUT2D eigenvalue weighted by Crippen LogP contribution is -2.31. The monoisotopic (exact) mass is 442 g/mol. The number of esters is 2. The number of carbonyl (C=O) groups excluding carboxylic acids is 2. The second-order valence-corrected chi connectivity index (χ2v) is 7.94. The Hall–Kier alpha value is -2.62. The highest BCUT2D eigenvalue weighted by Crippen LogP contribution is 2.16. The van der Waals surface area contributed by atoms with E-state index in [1.807, 2.05) is 12.2 Å². The van der Waals surface area contributed by atoms with Gasteiger partial charge in [0.05, 0.1) is 13.5 Å². The predicted molar refractivity (Wildman–Crippen MR) is 134 cm³/mol. The number of allylic oxidation sites excluding steroid dienone is 12. The van der Waals surface area contributed by atoms with Crippen molar-refractivity contribution in [2.45, 2.75) is 84.2 Å². The van der Waals surface area contributed by atoms with Gasteiger partial charge in [0, 0.05) is 6.42 Å². The van der Waals surface area contributed by atoms with Crippen LogP contribution in [0.25, 0.3) is 0 Å². The van der Waals surface area contributed by atoms with Gasteiger partial charge in [-0.2, -0.15) is 0 Å². The van der Waals surface area contributed by atoms with Crippen LogP contribution in [0.4, 0.5) is 0 Å². The average molecular weight is 443 g/mol. The van der Waals surface area contributed by atoms with Gasteiger partial charge in [0.2, 0.25) is 0 Å². The standard InChI is InChI=1S/C28H42O4/c1-5-6-7-8-9-10-11-12-13-14-15-16-17-18-19-20-21-22-23-24-26(29)32-28(2,3)25-27(30)31-4/h6-7,9-10,12-13,15-16,18-19,21-22H,5,8,11,14,17,20,23-25H2,1-4H3/b7-6-,10-9-,13-12-,16-15-,19-18-,22-21-. The minimum atomic E-state index is -0.845. The highest BCUT2D eigenvalue weighted by molar-refractivity contribution is 5.73. The summed E-state index contributed by atoms with van der Waals surface area (Å²) < 4.78 is 9.95. The zero-order valence-corrected chi connectivity index (χ0v) is 20.4. The molecule has 0 spiro atoms. The Bertz CT molecular complexity index is 676. The van der Waals surface area contributed by atoms with Gasteiger partial charge in [0.1, 0.15) is 5.60 Å². The molecule has 0 aromatic rings. The lowest BCUT2D eigenvalue weighted by Gasteiger charge is -2.23. The van der Waals surface area contributed by atoms with Crippen molar-refractivity contribution in [2.24, 2.45) is 0 Å². The molecule has 0 fully saturated rings. The normalized spacial score (nSPS) is 13.0. The Morgan fingerprint density at radius 1 is 0.656 bits per heavy atom. The van der Waals surface area contributed by atoms with Crippen LogP contribution < -0.4 is 0 Å². The van der Waals surface area contributed by atoms with Gasteiger partial charge in [0.25, 0.3) is 0 Å². The van der Waals surface area contributed by atoms with E-state index in [2.05, 4.69) is 72.4 Å². The molecule has 0 bridgehead atoms. The molecule has 0 radical (unpaired) electrons. The molecule has 0 aliphatic rings. The van der Waals surface area contributed by atoms with Gasteiger partial charge in [0.15, 0.2) is 0 Å². The number of methoxy groups -OCH3 is 1. The SMILES string of the molecule is CC/C=C\C/C=C\C/C=C\C/C=C\C/C=C\C/C=C\CCC(=O)OC(C)(C)CC(=O)OC. The van der Waals surface area contributed by atoms with E-state index >= 15 is 0 Å². The van der Waals surface area contributed by atoms with Crippen molar-refractivity contribution in [1.82, 2.24) is 0 Å². The molecule has 0 aromatic carbocycles. The van der Waals surface area contributed by atoms with Crippen molar-refractivity contribution >= 4 is 11.9 Å². The Morgan fingerprint density at radius 2 is 1.06 bits per heavy atom. The topological polar surface area (TPSA) is 52.6 Å². The summed E-state index contributed by atoms with van der Waals surface area (Å²) in [5.41, 5.74) is -0.845. The molecule has 4 heteroatoms. The van der Waals surface area contributed by atoms with E-state index in [4.69, 9.17) is 4.74 Å². The van der Waals surface area contributed by atoms with E-state index in [1.165, 1.54) is 7.11 Å². The lowest BCUT2D eigenvalue weighted by atomic mass is 10.1. The number of hydrogen-bond acceptors (Lipinski definition) is 4. The molecular formula is C28H42O4. The van der Waals surface area contributed by atoms with Crippen LogP contribution in [0.5, 0.6) is 0 Å². The third-order valence-corrected chi connectivity index (χ3v) is 4.30. The first-order valence-corrected chi connectivity index (χ1v) is 11.6. The number of carbonyl (C=O) groups is 2. The van der Waals surface area contributed by atoms with E-state index in [-0.39, 0.29) is 18.4 Å². The highest BCUT2D eigenvalue weighted by Gasteiger charge is 2.26. The largest absolute Gasteiger partial charge is 0.469 e. The molecule has 0 heterocycles. The summed E-state index contributed by atoms with van der Waals surface area (Å²) in [5, 5.41) is 0. The minimum Gasteiger partial charge on any atom is -0.469 e. The molecule has 178 valence electrons. The molecule has 0 amide bonds. The Balaban J connectivity index is 3.78.